The molecule has 118 valence electrons. The van der Waals surface area contributed by atoms with Gasteiger partial charge in [-0.25, -0.2) is 4.98 Å². The van der Waals surface area contributed by atoms with Crippen LogP contribution in [0.3, 0.4) is 0 Å². The smallest absolute Gasteiger partial charge is 0.265 e. The van der Waals surface area contributed by atoms with Gasteiger partial charge in [0.05, 0.1) is 19.3 Å². The second kappa shape index (κ2) is 6.64. The molecule has 0 aliphatic carbocycles. The van der Waals surface area contributed by atoms with E-state index in [-0.39, 0.29) is 23.6 Å². The van der Waals surface area contributed by atoms with Crippen LogP contribution in [0.1, 0.15) is 24.8 Å². The molecular weight excluding hydrogens is 308 g/mol. The average Bonchev–Trinajstić information content (AvgIpc) is 2.55. The molecule has 0 bridgehead atoms. The fraction of sp³-hybridized carbons (Fsp3) is 0.467. The van der Waals surface area contributed by atoms with Crippen LogP contribution in [0.5, 0.6) is 5.75 Å². The fourth-order valence-electron chi connectivity index (χ4n) is 2.45. The van der Waals surface area contributed by atoms with Crippen LogP contribution >= 0.6 is 11.6 Å². The van der Waals surface area contributed by atoms with Gasteiger partial charge < -0.3 is 14.2 Å². The molecule has 7 heteroatoms. The maximum Gasteiger partial charge on any atom is 0.265 e. The van der Waals surface area contributed by atoms with E-state index in [2.05, 4.69) is 4.98 Å². The predicted molar refractivity (Wildman–Crippen MR) is 81.4 cm³/mol. The molecule has 0 aromatic carbocycles. The van der Waals surface area contributed by atoms with Gasteiger partial charge in [-0.2, -0.15) is 0 Å². The van der Waals surface area contributed by atoms with Crippen LogP contribution in [0.25, 0.3) is 5.65 Å². The monoisotopic (exact) mass is 324 g/mol. The number of aromatic nitrogens is 2. The first-order valence-electron chi connectivity index (χ1n) is 7.17. The maximum atomic E-state index is 12.6. The molecule has 1 fully saturated rings. The predicted octanol–water partition coefficient (Wildman–Crippen LogP) is 2.40. The highest BCUT2D eigenvalue weighted by molar-refractivity contribution is 6.30. The molecule has 0 spiro atoms. The lowest BCUT2D eigenvalue weighted by Crippen LogP contribution is -2.26. The molecule has 1 saturated heterocycles. The molecule has 2 aromatic heterocycles. The van der Waals surface area contributed by atoms with Crippen LogP contribution in [0.2, 0.25) is 5.15 Å². The Labute approximate surface area is 132 Å². The number of hydrogen-bond acceptors (Lipinski definition) is 5. The lowest BCUT2D eigenvalue weighted by molar-refractivity contribution is -0.169. The standard InChI is InChI=1S/C15H17ClN2O4/c1-20-11-5-4-7-18-14(11)17-13(16)10(15(18)19)9-22-12-6-2-3-8-21-12/h4-5,7,12H,2-3,6,8-9H2,1H3. The van der Waals surface area contributed by atoms with E-state index in [9.17, 15) is 4.79 Å². The molecule has 0 amide bonds. The number of methoxy groups -OCH3 is 1. The van der Waals surface area contributed by atoms with Gasteiger partial charge in [0.1, 0.15) is 5.15 Å². The largest absolute Gasteiger partial charge is 0.493 e. The Morgan fingerprint density at radius 1 is 1.50 bits per heavy atom. The average molecular weight is 325 g/mol. The zero-order valence-corrected chi connectivity index (χ0v) is 13.0. The van der Waals surface area contributed by atoms with E-state index in [0.717, 1.165) is 19.3 Å². The lowest BCUT2D eigenvalue weighted by atomic mass is 10.2. The number of rotatable bonds is 4. The summed E-state index contributed by atoms with van der Waals surface area (Å²) in [6, 6.07) is 3.45. The van der Waals surface area contributed by atoms with Crippen LogP contribution in [-0.4, -0.2) is 29.4 Å². The SMILES string of the molecule is COc1cccn2c(=O)c(COC3CCCCO3)c(Cl)nc12. The number of pyridine rings is 1. The van der Waals surface area contributed by atoms with Crippen LogP contribution in [0.15, 0.2) is 23.1 Å². The molecule has 0 radical (unpaired) electrons. The van der Waals surface area contributed by atoms with E-state index in [1.165, 1.54) is 11.5 Å². The van der Waals surface area contributed by atoms with E-state index in [1.807, 2.05) is 0 Å². The van der Waals surface area contributed by atoms with Gasteiger partial charge in [-0.3, -0.25) is 9.20 Å². The van der Waals surface area contributed by atoms with Crippen molar-refractivity contribution in [1.29, 1.82) is 0 Å². The molecule has 1 unspecified atom stereocenters. The van der Waals surface area contributed by atoms with Crippen LogP contribution in [0.4, 0.5) is 0 Å². The minimum absolute atomic E-state index is 0.0789. The topological polar surface area (TPSA) is 62.1 Å². The molecule has 3 heterocycles. The van der Waals surface area contributed by atoms with Crippen LogP contribution in [0, 0.1) is 0 Å². The maximum absolute atomic E-state index is 12.6. The zero-order valence-electron chi connectivity index (χ0n) is 12.3. The number of hydrogen-bond donors (Lipinski definition) is 0. The van der Waals surface area contributed by atoms with Crippen molar-refractivity contribution in [3.8, 4) is 5.75 Å². The molecule has 1 atom stereocenters. The molecular formula is C15H17ClN2O4. The van der Waals surface area contributed by atoms with Gasteiger partial charge in [0.25, 0.3) is 5.56 Å². The van der Waals surface area contributed by atoms with Gasteiger partial charge in [-0.05, 0) is 31.4 Å². The van der Waals surface area contributed by atoms with Gasteiger partial charge in [0.15, 0.2) is 17.7 Å². The summed E-state index contributed by atoms with van der Waals surface area (Å²) in [7, 11) is 1.52. The third-order valence-electron chi connectivity index (χ3n) is 3.63. The van der Waals surface area contributed by atoms with Gasteiger partial charge in [-0.15, -0.1) is 0 Å². The summed E-state index contributed by atoms with van der Waals surface area (Å²) in [6.07, 6.45) is 4.28. The highest BCUT2D eigenvalue weighted by Gasteiger charge is 2.18. The summed E-state index contributed by atoms with van der Waals surface area (Å²) in [4.78, 5) is 16.8. The Morgan fingerprint density at radius 3 is 3.09 bits per heavy atom. The zero-order chi connectivity index (χ0) is 15.5. The Balaban J connectivity index is 1.91. The van der Waals surface area contributed by atoms with Crippen molar-refractivity contribution in [3.63, 3.8) is 0 Å². The van der Waals surface area contributed by atoms with Crippen molar-refractivity contribution in [1.82, 2.24) is 9.38 Å². The Bertz CT molecular complexity index is 725. The minimum Gasteiger partial charge on any atom is -0.493 e. The number of halogens is 1. The summed E-state index contributed by atoms with van der Waals surface area (Å²) >= 11 is 6.15. The van der Waals surface area contributed by atoms with Gasteiger partial charge >= 0.3 is 0 Å². The number of fused-ring (bicyclic) bond motifs is 1. The first-order chi connectivity index (χ1) is 10.7. The fourth-order valence-corrected chi connectivity index (χ4v) is 2.66. The normalized spacial score (nSPS) is 18.5. The van der Waals surface area contributed by atoms with E-state index in [4.69, 9.17) is 25.8 Å². The van der Waals surface area contributed by atoms with Gasteiger partial charge in [0.2, 0.25) is 0 Å². The third kappa shape index (κ3) is 2.95. The molecule has 0 N–H and O–H groups in total. The van der Waals surface area contributed by atoms with Crippen molar-refractivity contribution in [2.24, 2.45) is 0 Å². The molecule has 1 aliphatic heterocycles. The first-order valence-corrected chi connectivity index (χ1v) is 7.55. The van der Waals surface area contributed by atoms with Crippen molar-refractivity contribution >= 4 is 17.2 Å². The summed E-state index contributed by atoms with van der Waals surface area (Å²) in [6.45, 7) is 0.764. The van der Waals surface area contributed by atoms with Crippen molar-refractivity contribution < 1.29 is 14.2 Å². The summed E-state index contributed by atoms with van der Waals surface area (Å²) in [5.41, 5.74) is 0.448. The van der Waals surface area contributed by atoms with Gasteiger partial charge in [0, 0.05) is 12.8 Å². The first kappa shape index (κ1) is 15.3. The van der Waals surface area contributed by atoms with E-state index in [1.54, 1.807) is 18.3 Å². The summed E-state index contributed by atoms with van der Waals surface area (Å²) in [5, 5.41) is 0.130. The summed E-state index contributed by atoms with van der Waals surface area (Å²) in [5.74, 6) is 0.490. The van der Waals surface area contributed by atoms with Crippen LogP contribution < -0.4 is 10.3 Å². The summed E-state index contributed by atoms with van der Waals surface area (Å²) < 4.78 is 17.7. The molecule has 0 saturated carbocycles. The minimum atomic E-state index is -0.282. The second-order valence-electron chi connectivity index (χ2n) is 5.06. The second-order valence-corrected chi connectivity index (χ2v) is 5.42. The third-order valence-corrected chi connectivity index (χ3v) is 3.95. The lowest BCUT2D eigenvalue weighted by Gasteiger charge is -2.22. The number of ether oxygens (including phenoxy) is 3. The van der Waals surface area contributed by atoms with E-state index >= 15 is 0 Å². The van der Waals surface area contributed by atoms with Gasteiger partial charge in [-0.1, -0.05) is 11.6 Å². The van der Waals surface area contributed by atoms with E-state index < -0.39 is 0 Å². The Kier molecular flexibility index (Phi) is 4.61. The number of nitrogens with zero attached hydrogens (tertiary/aromatic N) is 2. The molecule has 22 heavy (non-hydrogen) atoms. The van der Waals surface area contributed by atoms with Crippen molar-refractivity contribution in [2.75, 3.05) is 13.7 Å². The molecule has 1 aliphatic rings. The van der Waals surface area contributed by atoms with Crippen LogP contribution in [-0.2, 0) is 16.1 Å². The van der Waals surface area contributed by atoms with Crippen molar-refractivity contribution in [2.45, 2.75) is 32.2 Å². The highest BCUT2D eigenvalue weighted by Crippen LogP contribution is 2.21. The Morgan fingerprint density at radius 2 is 2.36 bits per heavy atom. The molecule has 3 rings (SSSR count). The Hall–Kier alpha value is -1.63. The molecule has 2 aromatic rings. The highest BCUT2D eigenvalue weighted by atomic mass is 35.5. The van der Waals surface area contributed by atoms with E-state index in [0.29, 0.717) is 23.6 Å². The molecule has 6 nitrogen and oxygen atoms in total. The van der Waals surface area contributed by atoms with Crippen molar-refractivity contribution in [3.05, 3.63) is 39.4 Å². The quantitative estimate of drug-likeness (QED) is 0.808.